The minimum atomic E-state index is 0.0812. The highest BCUT2D eigenvalue weighted by atomic mass is 16.5. The number of aliphatic hydroxyl groups excluding tert-OH is 1. The monoisotopic (exact) mass is 265 g/mol. The first-order valence-corrected chi connectivity index (χ1v) is 6.60. The number of aliphatic hydroxyl groups is 1. The van der Waals surface area contributed by atoms with E-state index < -0.39 is 0 Å². The topological polar surface area (TPSA) is 41.9 Å². The van der Waals surface area contributed by atoms with Crippen molar-refractivity contribution in [1.82, 2.24) is 0 Å². The summed E-state index contributed by atoms with van der Waals surface area (Å²) in [4.78, 5) is 2.14. The summed E-state index contributed by atoms with van der Waals surface area (Å²) in [6.45, 7) is 3.09. The van der Waals surface area contributed by atoms with Crippen molar-refractivity contribution in [2.45, 2.75) is 19.8 Å². The summed E-state index contributed by atoms with van der Waals surface area (Å²) in [7, 11) is 5.38. The first-order chi connectivity index (χ1) is 9.05. The molecule has 1 saturated carbocycles. The van der Waals surface area contributed by atoms with Gasteiger partial charge >= 0.3 is 0 Å². The number of anilines is 1. The van der Waals surface area contributed by atoms with Crippen molar-refractivity contribution in [3.63, 3.8) is 0 Å². The number of hydrogen-bond acceptors (Lipinski definition) is 4. The third kappa shape index (κ3) is 2.78. The minimum Gasteiger partial charge on any atom is -0.496 e. The highest BCUT2D eigenvalue weighted by Crippen LogP contribution is 2.47. The number of hydrogen-bond donors (Lipinski definition) is 1. The minimum absolute atomic E-state index is 0.0812. The molecule has 106 valence electrons. The van der Waals surface area contributed by atoms with Crippen molar-refractivity contribution >= 4 is 5.69 Å². The largest absolute Gasteiger partial charge is 0.496 e. The molecule has 0 aromatic heterocycles. The Kier molecular flexibility index (Phi) is 3.90. The molecule has 1 aliphatic rings. The van der Waals surface area contributed by atoms with Gasteiger partial charge in [0.1, 0.15) is 11.5 Å². The van der Waals surface area contributed by atoms with Crippen LogP contribution < -0.4 is 14.4 Å². The lowest BCUT2D eigenvalue weighted by Gasteiger charge is -2.26. The van der Waals surface area contributed by atoms with E-state index in [-0.39, 0.29) is 12.0 Å². The van der Waals surface area contributed by atoms with Crippen molar-refractivity contribution in [1.29, 1.82) is 0 Å². The fourth-order valence-electron chi connectivity index (χ4n) is 2.46. The van der Waals surface area contributed by atoms with Gasteiger partial charge in [0, 0.05) is 25.1 Å². The van der Waals surface area contributed by atoms with Gasteiger partial charge in [-0.05, 0) is 31.4 Å². The third-order valence-electron chi connectivity index (χ3n) is 3.97. The third-order valence-corrected chi connectivity index (χ3v) is 3.97. The summed E-state index contributed by atoms with van der Waals surface area (Å²) < 4.78 is 10.8. The molecule has 4 heteroatoms. The average molecular weight is 265 g/mol. The van der Waals surface area contributed by atoms with Crippen LogP contribution >= 0.6 is 0 Å². The summed E-state index contributed by atoms with van der Waals surface area (Å²) in [6, 6.07) is 3.99. The van der Waals surface area contributed by atoms with Gasteiger partial charge in [-0.2, -0.15) is 0 Å². The van der Waals surface area contributed by atoms with E-state index in [1.54, 1.807) is 14.2 Å². The Balaban J connectivity index is 2.26. The predicted octanol–water partition coefficient (Wildman–Crippen LogP) is 2.22. The molecule has 19 heavy (non-hydrogen) atoms. The van der Waals surface area contributed by atoms with E-state index in [1.165, 1.54) is 0 Å². The Labute approximate surface area is 114 Å². The Morgan fingerprint density at radius 2 is 1.84 bits per heavy atom. The van der Waals surface area contributed by atoms with Gasteiger partial charge < -0.3 is 19.5 Å². The van der Waals surface area contributed by atoms with E-state index in [0.717, 1.165) is 42.1 Å². The Hall–Kier alpha value is -1.42. The van der Waals surface area contributed by atoms with E-state index in [9.17, 15) is 5.11 Å². The van der Waals surface area contributed by atoms with Crippen LogP contribution in [0.15, 0.2) is 12.1 Å². The van der Waals surface area contributed by atoms with E-state index >= 15 is 0 Å². The van der Waals surface area contributed by atoms with E-state index in [0.29, 0.717) is 0 Å². The molecule has 4 nitrogen and oxygen atoms in total. The molecule has 1 aromatic carbocycles. The van der Waals surface area contributed by atoms with Crippen molar-refractivity contribution in [3.8, 4) is 11.5 Å². The molecule has 0 unspecified atom stereocenters. The Morgan fingerprint density at radius 1 is 1.21 bits per heavy atom. The van der Waals surface area contributed by atoms with Crippen LogP contribution in [-0.2, 0) is 0 Å². The van der Waals surface area contributed by atoms with Gasteiger partial charge in [0.2, 0.25) is 0 Å². The summed E-state index contributed by atoms with van der Waals surface area (Å²) in [5.74, 6) is 1.70. The van der Waals surface area contributed by atoms with Gasteiger partial charge in [0.05, 0.1) is 26.5 Å². The van der Waals surface area contributed by atoms with Crippen LogP contribution in [0, 0.1) is 12.3 Å². The molecular formula is C15H23NO3. The fourth-order valence-corrected chi connectivity index (χ4v) is 2.46. The number of methoxy groups -OCH3 is 2. The Morgan fingerprint density at radius 3 is 2.32 bits per heavy atom. The van der Waals surface area contributed by atoms with Crippen LogP contribution in [0.3, 0.4) is 0 Å². The Bertz CT molecular complexity index is 455. The zero-order valence-electron chi connectivity index (χ0n) is 12.2. The maximum atomic E-state index is 9.44. The molecule has 1 N–H and O–H groups in total. The van der Waals surface area contributed by atoms with Crippen molar-refractivity contribution in [3.05, 3.63) is 17.7 Å². The number of nitrogens with zero attached hydrogens (tertiary/aromatic N) is 1. The van der Waals surface area contributed by atoms with Gasteiger partial charge in [-0.25, -0.2) is 0 Å². The molecule has 1 aromatic rings. The van der Waals surface area contributed by atoms with Crippen LogP contribution in [0.25, 0.3) is 0 Å². The standard InChI is InChI=1S/C15H23NO3/c1-11-7-14(19-4)12(8-13(11)18-3)16(2)9-15(10-17)5-6-15/h7-8,17H,5-6,9-10H2,1-4H3. The molecule has 0 heterocycles. The molecule has 0 atom stereocenters. The van der Waals surface area contributed by atoms with Gasteiger partial charge in [0.25, 0.3) is 0 Å². The van der Waals surface area contributed by atoms with Gasteiger partial charge in [-0.1, -0.05) is 0 Å². The zero-order valence-corrected chi connectivity index (χ0v) is 12.2. The number of benzene rings is 1. The second kappa shape index (κ2) is 5.29. The first kappa shape index (κ1) is 14.0. The number of aryl methyl sites for hydroxylation is 1. The number of ether oxygens (including phenoxy) is 2. The molecule has 1 aliphatic carbocycles. The van der Waals surface area contributed by atoms with Crippen LogP contribution in [0.4, 0.5) is 5.69 Å². The lowest BCUT2D eigenvalue weighted by Crippen LogP contribution is -2.29. The normalized spacial score (nSPS) is 16.1. The van der Waals surface area contributed by atoms with E-state index in [2.05, 4.69) is 4.90 Å². The molecule has 1 fully saturated rings. The summed E-state index contributed by atoms with van der Waals surface area (Å²) in [6.07, 6.45) is 2.19. The predicted molar refractivity (Wildman–Crippen MR) is 76.3 cm³/mol. The summed E-state index contributed by atoms with van der Waals surface area (Å²) in [5.41, 5.74) is 2.14. The van der Waals surface area contributed by atoms with Crippen molar-refractivity contribution in [2.24, 2.45) is 5.41 Å². The second-order valence-electron chi connectivity index (χ2n) is 5.51. The summed E-state index contributed by atoms with van der Waals surface area (Å²) in [5, 5.41) is 9.44. The van der Waals surface area contributed by atoms with Crippen molar-refractivity contribution in [2.75, 3.05) is 39.3 Å². The highest BCUT2D eigenvalue weighted by molar-refractivity contribution is 5.63. The molecule has 0 amide bonds. The molecule has 0 radical (unpaired) electrons. The first-order valence-electron chi connectivity index (χ1n) is 6.60. The zero-order chi connectivity index (χ0) is 14.0. The molecular weight excluding hydrogens is 242 g/mol. The quantitative estimate of drug-likeness (QED) is 0.856. The smallest absolute Gasteiger partial charge is 0.142 e. The van der Waals surface area contributed by atoms with Gasteiger partial charge in [0.15, 0.2) is 0 Å². The van der Waals surface area contributed by atoms with Crippen LogP contribution in [0.5, 0.6) is 11.5 Å². The molecule has 0 spiro atoms. The maximum Gasteiger partial charge on any atom is 0.142 e. The number of rotatable bonds is 6. The maximum absolute atomic E-state index is 9.44. The van der Waals surface area contributed by atoms with E-state index in [1.807, 2.05) is 26.1 Å². The fraction of sp³-hybridized carbons (Fsp3) is 0.600. The molecule has 0 bridgehead atoms. The van der Waals surface area contributed by atoms with Gasteiger partial charge in [-0.3, -0.25) is 0 Å². The second-order valence-corrected chi connectivity index (χ2v) is 5.51. The average Bonchev–Trinajstić information content (AvgIpc) is 3.18. The molecule has 0 aliphatic heterocycles. The molecule has 2 rings (SSSR count). The lowest BCUT2D eigenvalue weighted by atomic mass is 10.1. The lowest BCUT2D eigenvalue weighted by molar-refractivity contribution is 0.215. The van der Waals surface area contributed by atoms with Gasteiger partial charge in [-0.15, -0.1) is 0 Å². The highest BCUT2D eigenvalue weighted by Gasteiger charge is 2.43. The SMILES string of the molecule is COc1cc(N(C)CC2(CO)CC2)c(OC)cc1C. The van der Waals surface area contributed by atoms with Crippen LogP contribution in [0.2, 0.25) is 0 Å². The summed E-state index contributed by atoms with van der Waals surface area (Å²) >= 11 is 0. The van der Waals surface area contributed by atoms with Crippen molar-refractivity contribution < 1.29 is 14.6 Å². The van der Waals surface area contributed by atoms with E-state index in [4.69, 9.17) is 9.47 Å². The van der Waals surface area contributed by atoms with Crippen LogP contribution in [0.1, 0.15) is 18.4 Å². The van der Waals surface area contributed by atoms with Crippen LogP contribution in [-0.4, -0.2) is 39.5 Å². The molecule has 0 saturated heterocycles.